The molecular formula is C29H21F2NO3. The van der Waals surface area contributed by atoms with E-state index >= 15 is 0 Å². The lowest BCUT2D eigenvalue weighted by atomic mass is 9.94. The monoisotopic (exact) mass is 469 g/mol. The van der Waals surface area contributed by atoms with Gasteiger partial charge in [0.05, 0.1) is 18.3 Å². The number of esters is 1. The number of carbonyl (C=O) groups excluding carboxylic acids is 1. The van der Waals surface area contributed by atoms with Gasteiger partial charge in [-0.25, -0.2) is 18.6 Å². The summed E-state index contributed by atoms with van der Waals surface area (Å²) in [6.45, 7) is -0.173. The molecule has 0 saturated heterocycles. The highest BCUT2D eigenvalue weighted by Crippen LogP contribution is 2.36. The summed E-state index contributed by atoms with van der Waals surface area (Å²) in [5, 5.41) is 0.530. The highest BCUT2D eigenvalue weighted by Gasteiger charge is 2.23. The number of pyridine rings is 1. The third-order valence-corrected chi connectivity index (χ3v) is 5.91. The molecule has 1 unspecified atom stereocenters. The number of rotatable bonds is 5. The molecule has 0 saturated carbocycles. The van der Waals surface area contributed by atoms with E-state index in [-0.39, 0.29) is 6.61 Å². The predicted molar refractivity (Wildman–Crippen MR) is 132 cm³/mol. The Morgan fingerprint density at radius 2 is 1.69 bits per heavy atom. The lowest BCUT2D eigenvalue weighted by Gasteiger charge is -2.21. The quantitative estimate of drug-likeness (QED) is 0.315. The molecule has 0 aliphatic heterocycles. The number of aromatic nitrogens is 1. The summed E-state index contributed by atoms with van der Waals surface area (Å²) in [5.41, 5.74) is 5.76. The summed E-state index contributed by atoms with van der Waals surface area (Å²) in [6.07, 6.45) is 7.31. The van der Waals surface area contributed by atoms with E-state index < -0.39 is 23.7 Å². The minimum atomic E-state index is -0.928. The normalized spacial score (nSPS) is 14.5. The lowest BCUT2D eigenvalue weighted by Crippen LogP contribution is -2.16. The van der Waals surface area contributed by atoms with Crippen molar-refractivity contribution in [1.29, 1.82) is 0 Å². The minimum absolute atomic E-state index is 0.173. The fourth-order valence-corrected chi connectivity index (χ4v) is 4.12. The van der Waals surface area contributed by atoms with E-state index in [0.717, 1.165) is 39.9 Å². The molecule has 0 bridgehead atoms. The summed E-state index contributed by atoms with van der Waals surface area (Å²) in [7, 11) is 1.33. The summed E-state index contributed by atoms with van der Waals surface area (Å²) in [5.74, 6) is -2.27. The van der Waals surface area contributed by atoms with E-state index in [0.29, 0.717) is 16.6 Å². The van der Waals surface area contributed by atoms with E-state index in [1.54, 1.807) is 12.1 Å². The maximum atomic E-state index is 13.6. The van der Waals surface area contributed by atoms with Crippen molar-refractivity contribution in [2.75, 3.05) is 13.7 Å². The van der Waals surface area contributed by atoms with E-state index in [2.05, 4.69) is 4.98 Å². The third-order valence-electron chi connectivity index (χ3n) is 5.91. The summed E-state index contributed by atoms with van der Waals surface area (Å²) >= 11 is 0. The first-order valence-electron chi connectivity index (χ1n) is 11.0. The van der Waals surface area contributed by atoms with Crippen molar-refractivity contribution < 1.29 is 23.0 Å². The van der Waals surface area contributed by atoms with Crippen LogP contribution in [0.4, 0.5) is 8.78 Å². The van der Waals surface area contributed by atoms with Gasteiger partial charge in [0.25, 0.3) is 0 Å². The van der Waals surface area contributed by atoms with Crippen molar-refractivity contribution in [3.05, 3.63) is 112 Å². The first-order valence-corrected chi connectivity index (χ1v) is 11.0. The molecular weight excluding hydrogens is 448 g/mol. The second kappa shape index (κ2) is 9.60. The number of nitrogens with zero attached hydrogens (tertiary/aromatic N) is 1. The van der Waals surface area contributed by atoms with Gasteiger partial charge in [-0.1, -0.05) is 60.7 Å². The molecule has 4 aromatic rings. The van der Waals surface area contributed by atoms with Gasteiger partial charge in [-0.05, 0) is 52.1 Å². The fraction of sp³-hybridized carbons (Fsp3) is 0.103. The van der Waals surface area contributed by atoms with Crippen LogP contribution in [0.2, 0.25) is 0 Å². The van der Waals surface area contributed by atoms with Gasteiger partial charge in [0.1, 0.15) is 12.7 Å². The van der Waals surface area contributed by atoms with Gasteiger partial charge in [-0.15, -0.1) is 0 Å². The number of fused-ring (bicyclic) bond motifs is 3. The molecule has 4 nitrogen and oxygen atoms in total. The average molecular weight is 469 g/mol. The maximum absolute atomic E-state index is 13.6. The Labute approximate surface area is 201 Å². The number of benzene rings is 3. The number of carbonyl (C=O) groups is 1. The molecule has 0 fully saturated rings. The Morgan fingerprint density at radius 3 is 2.51 bits per heavy atom. The fourth-order valence-electron chi connectivity index (χ4n) is 4.12. The van der Waals surface area contributed by atoms with Crippen LogP contribution in [0.15, 0.2) is 66.7 Å². The van der Waals surface area contributed by atoms with Crippen LogP contribution >= 0.6 is 0 Å². The van der Waals surface area contributed by atoms with Gasteiger partial charge in [-0.2, -0.15) is 0 Å². The Bertz CT molecular complexity index is 1490. The Balaban J connectivity index is 1.49. The van der Waals surface area contributed by atoms with Crippen LogP contribution in [-0.2, 0) is 14.3 Å². The van der Waals surface area contributed by atoms with Gasteiger partial charge >= 0.3 is 5.97 Å². The molecule has 0 N–H and O–H groups in total. The molecule has 1 heterocycles. The molecule has 6 heteroatoms. The van der Waals surface area contributed by atoms with Crippen LogP contribution in [0.5, 0.6) is 0 Å². The Morgan fingerprint density at radius 1 is 0.914 bits per heavy atom. The maximum Gasteiger partial charge on any atom is 0.331 e. The van der Waals surface area contributed by atoms with Crippen LogP contribution in [0, 0.1) is 11.6 Å². The van der Waals surface area contributed by atoms with Crippen molar-refractivity contribution in [2.45, 2.75) is 6.10 Å². The largest absolute Gasteiger partial charge is 0.467 e. The zero-order valence-corrected chi connectivity index (χ0v) is 18.9. The number of hydrogen-bond acceptors (Lipinski definition) is 4. The summed E-state index contributed by atoms with van der Waals surface area (Å²) in [6, 6.07) is 19.6. The molecule has 174 valence electrons. The van der Waals surface area contributed by atoms with Crippen LogP contribution in [0.1, 0.15) is 39.6 Å². The van der Waals surface area contributed by atoms with Gasteiger partial charge in [0, 0.05) is 11.5 Å². The van der Waals surface area contributed by atoms with Gasteiger partial charge in [0.2, 0.25) is 0 Å². The van der Waals surface area contributed by atoms with Crippen molar-refractivity contribution in [2.24, 2.45) is 0 Å². The molecule has 0 radical (unpaired) electrons. The number of ether oxygens (including phenoxy) is 2. The second-order valence-corrected chi connectivity index (χ2v) is 8.15. The third kappa shape index (κ3) is 4.74. The van der Waals surface area contributed by atoms with Crippen molar-refractivity contribution in [3.8, 4) is 0 Å². The van der Waals surface area contributed by atoms with Crippen LogP contribution in [0.25, 0.3) is 35.2 Å². The SMILES string of the molecule is COC(=O)COC1c2ccccc2C=Cc2ccc(/C=C/c3ccc4cc(F)c(F)cc4n3)cc21. The molecule has 1 aliphatic carbocycles. The molecule has 35 heavy (non-hydrogen) atoms. The number of methoxy groups -OCH3 is 1. The molecule has 1 atom stereocenters. The van der Waals surface area contributed by atoms with Gasteiger partial charge < -0.3 is 9.47 Å². The van der Waals surface area contributed by atoms with E-state index in [1.807, 2.05) is 66.8 Å². The lowest BCUT2D eigenvalue weighted by molar-refractivity contribution is -0.147. The highest BCUT2D eigenvalue weighted by atomic mass is 19.2. The molecule has 5 rings (SSSR count). The van der Waals surface area contributed by atoms with Gasteiger partial charge in [-0.3, -0.25) is 0 Å². The highest BCUT2D eigenvalue weighted by molar-refractivity contribution is 5.82. The zero-order valence-electron chi connectivity index (χ0n) is 18.9. The van der Waals surface area contributed by atoms with Crippen LogP contribution < -0.4 is 0 Å². The smallest absolute Gasteiger partial charge is 0.331 e. The van der Waals surface area contributed by atoms with Crippen molar-refractivity contribution in [1.82, 2.24) is 4.98 Å². The minimum Gasteiger partial charge on any atom is -0.467 e. The zero-order chi connectivity index (χ0) is 24.4. The molecule has 1 aliphatic rings. The molecule has 1 aromatic heterocycles. The molecule has 3 aromatic carbocycles. The standard InChI is InChI=1S/C29H21F2NO3/c1-34-28(33)17-35-29-23-5-3-2-4-19(23)9-10-20-8-6-18(14-24(20)29)7-12-22-13-11-21-15-25(30)26(31)16-27(21)32-22/h2-16,29H,17H2,1H3/b12-7+. The van der Waals surface area contributed by atoms with Crippen molar-refractivity contribution in [3.63, 3.8) is 0 Å². The van der Waals surface area contributed by atoms with E-state index in [1.165, 1.54) is 7.11 Å². The Hall–Kier alpha value is -4.16. The predicted octanol–water partition coefficient (Wildman–Crippen LogP) is 6.45. The molecule has 0 spiro atoms. The number of halogens is 2. The average Bonchev–Trinajstić information content (AvgIpc) is 3.03. The molecule has 0 amide bonds. The Kier molecular flexibility index (Phi) is 6.21. The first kappa shape index (κ1) is 22.6. The van der Waals surface area contributed by atoms with Gasteiger partial charge in [0.15, 0.2) is 11.6 Å². The summed E-state index contributed by atoms with van der Waals surface area (Å²) < 4.78 is 37.9. The topological polar surface area (TPSA) is 48.4 Å². The van der Waals surface area contributed by atoms with Crippen LogP contribution in [0.3, 0.4) is 0 Å². The summed E-state index contributed by atoms with van der Waals surface area (Å²) in [4.78, 5) is 16.2. The van der Waals surface area contributed by atoms with Crippen molar-refractivity contribution >= 4 is 41.2 Å². The number of hydrogen-bond donors (Lipinski definition) is 0. The van der Waals surface area contributed by atoms with E-state index in [9.17, 15) is 13.6 Å². The second-order valence-electron chi connectivity index (χ2n) is 8.15. The van der Waals surface area contributed by atoms with Crippen LogP contribution in [-0.4, -0.2) is 24.7 Å². The van der Waals surface area contributed by atoms with E-state index in [4.69, 9.17) is 9.47 Å². The first-order chi connectivity index (χ1) is 17.0.